The molecule has 0 bridgehead atoms. The minimum absolute atomic E-state index is 0.144. The molecule has 0 saturated heterocycles. The highest BCUT2D eigenvalue weighted by molar-refractivity contribution is 5.29. The molecule has 1 atom stereocenters. The van der Waals surface area contributed by atoms with Crippen molar-refractivity contribution in [1.29, 1.82) is 0 Å². The molecule has 1 aromatic rings. The quantitative estimate of drug-likeness (QED) is 0.811. The highest BCUT2D eigenvalue weighted by Crippen LogP contribution is 2.28. The SMILES string of the molecule is CCC(C)(CNC(C)C)Cc1ccc(OC)c(F)c1. The van der Waals surface area contributed by atoms with Gasteiger partial charge in [0, 0.05) is 12.6 Å². The summed E-state index contributed by atoms with van der Waals surface area (Å²) in [5.41, 5.74) is 1.17. The van der Waals surface area contributed by atoms with Gasteiger partial charge in [0.25, 0.3) is 0 Å². The molecule has 0 radical (unpaired) electrons. The lowest BCUT2D eigenvalue weighted by molar-refractivity contribution is 0.280. The first-order chi connectivity index (χ1) is 8.90. The maximum atomic E-state index is 13.7. The fraction of sp³-hybridized carbons (Fsp3) is 0.625. The van der Waals surface area contributed by atoms with Crippen LogP contribution in [0.1, 0.15) is 39.7 Å². The molecule has 0 aliphatic rings. The smallest absolute Gasteiger partial charge is 0.165 e. The standard InChI is InChI=1S/C16H26FNO/c1-6-16(4,11-18-12(2)3)10-13-7-8-15(19-5)14(17)9-13/h7-9,12,18H,6,10-11H2,1-5H3. The molecule has 0 fully saturated rings. The van der Waals surface area contributed by atoms with Gasteiger partial charge in [-0.05, 0) is 36.0 Å². The van der Waals surface area contributed by atoms with E-state index in [4.69, 9.17) is 4.74 Å². The van der Waals surface area contributed by atoms with Crippen LogP contribution in [0.25, 0.3) is 0 Å². The van der Waals surface area contributed by atoms with E-state index in [1.165, 1.54) is 7.11 Å². The third-order valence-corrected chi connectivity index (χ3v) is 3.64. The zero-order valence-corrected chi connectivity index (χ0v) is 12.7. The van der Waals surface area contributed by atoms with Gasteiger partial charge in [0.15, 0.2) is 11.6 Å². The van der Waals surface area contributed by atoms with Crippen molar-refractivity contribution in [2.45, 2.75) is 46.6 Å². The van der Waals surface area contributed by atoms with Crippen molar-refractivity contribution in [3.8, 4) is 5.75 Å². The molecule has 0 amide bonds. The maximum absolute atomic E-state index is 13.7. The van der Waals surface area contributed by atoms with Gasteiger partial charge in [-0.2, -0.15) is 0 Å². The monoisotopic (exact) mass is 267 g/mol. The molecule has 1 rings (SSSR count). The molecule has 1 aromatic carbocycles. The summed E-state index contributed by atoms with van der Waals surface area (Å²) in [6.07, 6.45) is 1.92. The first kappa shape index (κ1) is 16.0. The Labute approximate surface area is 116 Å². The number of rotatable bonds is 7. The second kappa shape index (κ2) is 6.90. The molecule has 0 spiro atoms. The van der Waals surface area contributed by atoms with Crippen LogP contribution in [0.4, 0.5) is 4.39 Å². The van der Waals surface area contributed by atoms with Crippen molar-refractivity contribution in [3.63, 3.8) is 0 Å². The molecule has 1 unspecified atom stereocenters. The van der Waals surface area contributed by atoms with Gasteiger partial charge in [-0.15, -0.1) is 0 Å². The van der Waals surface area contributed by atoms with Crippen molar-refractivity contribution in [3.05, 3.63) is 29.6 Å². The van der Waals surface area contributed by atoms with Gasteiger partial charge in [-0.25, -0.2) is 4.39 Å². The van der Waals surface area contributed by atoms with Crippen molar-refractivity contribution >= 4 is 0 Å². The molecule has 3 heteroatoms. The van der Waals surface area contributed by atoms with Crippen molar-refractivity contribution in [2.75, 3.05) is 13.7 Å². The van der Waals surface area contributed by atoms with Crippen LogP contribution in [0.3, 0.4) is 0 Å². The second-order valence-corrected chi connectivity index (χ2v) is 5.85. The first-order valence-corrected chi connectivity index (χ1v) is 6.96. The molecule has 1 N–H and O–H groups in total. The Kier molecular flexibility index (Phi) is 5.80. The third-order valence-electron chi connectivity index (χ3n) is 3.64. The lowest BCUT2D eigenvalue weighted by Crippen LogP contribution is -2.36. The van der Waals surface area contributed by atoms with E-state index in [0.717, 1.165) is 24.9 Å². The normalized spacial score (nSPS) is 14.5. The molecule has 0 aliphatic carbocycles. The third kappa shape index (κ3) is 4.83. The van der Waals surface area contributed by atoms with E-state index >= 15 is 0 Å². The molecule has 19 heavy (non-hydrogen) atoms. The summed E-state index contributed by atoms with van der Waals surface area (Å²) in [5, 5.41) is 3.48. The number of methoxy groups -OCH3 is 1. The van der Waals surface area contributed by atoms with Gasteiger partial charge in [-0.1, -0.05) is 33.8 Å². The number of halogens is 1. The summed E-state index contributed by atoms with van der Waals surface area (Å²) in [5.74, 6) is 0.0255. The van der Waals surface area contributed by atoms with Crippen LogP contribution in [-0.4, -0.2) is 19.7 Å². The largest absolute Gasteiger partial charge is 0.494 e. The zero-order chi connectivity index (χ0) is 14.5. The lowest BCUT2D eigenvalue weighted by atomic mass is 9.81. The van der Waals surface area contributed by atoms with Gasteiger partial charge < -0.3 is 10.1 Å². The zero-order valence-electron chi connectivity index (χ0n) is 12.7. The van der Waals surface area contributed by atoms with Gasteiger partial charge in [0.05, 0.1) is 7.11 Å². The fourth-order valence-electron chi connectivity index (χ4n) is 2.08. The molecular weight excluding hydrogens is 241 g/mol. The van der Waals surface area contributed by atoms with E-state index in [1.807, 2.05) is 6.07 Å². The van der Waals surface area contributed by atoms with E-state index in [0.29, 0.717) is 11.8 Å². The van der Waals surface area contributed by atoms with Crippen LogP contribution in [0.2, 0.25) is 0 Å². The minimum atomic E-state index is -0.282. The van der Waals surface area contributed by atoms with Crippen molar-refractivity contribution in [2.24, 2.45) is 5.41 Å². The van der Waals surface area contributed by atoms with E-state index in [1.54, 1.807) is 12.1 Å². The average Bonchev–Trinajstić information content (AvgIpc) is 2.37. The number of hydrogen-bond donors (Lipinski definition) is 1. The van der Waals surface area contributed by atoms with Crippen LogP contribution in [0, 0.1) is 11.2 Å². The van der Waals surface area contributed by atoms with Gasteiger partial charge in [-0.3, -0.25) is 0 Å². The molecule has 0 aromatic heterocycles. The highest BCUT2D eigenvalue weighted by Gasteiger charge is 2.23. The van der Waals surface area contributed by atoms with E-state index in [2.05, 4.69) is 33.0 Å². The minimum Gasteiger partial charge on any atom is -0.494 e. The Morgan fingerprint density at radius 2 is 2.05 bits per heavy atom. The molecule has 0 heterocycles. The number of hydrogen-bond acceptors (Lipinski definition) is 2. The topological polar surface area (TPSA) is 21.3 Å². The summed E-state index contributed by atoms with van der Waals surface area (Å²) in [6, 6.07) is 5.71. The number of nitrogens with one attached hydrogen (secondary N) is 1. The van der Waals surface area contributed by atoms with E-state index in [9.17, 15) is 4.39 Å². The van der Waals surface area contributed by atoms with E-state index in [-0.39, 0.29) is 11.2 Å². The Morgan fingerprint density at radius 3 is 2.53 bits per heavy atom. The second-order valence-electron chi connectivity index (χ2n) is 5.85. The van der Waals surface area contributed by atoms with Crippen LogP contribution in [0.5, 0.6) is 5.75 Å². The molecule has 2 nitrogen and oxygen atoms in total. The van der Waals surface area contributed by atoms with E-state index < -0.39 is 0 Å². The van der Waals surface area contributed by atoms with Crippen molar-refractivity contribution in [1.82, 2.24) is 5.32 Å². The first-order valence-electron chi connectivity index (χ1n) is 6.96. The highest BCUT2D eigenvalue weighted by atomic mass is 19.1. The summed E-state index contributed by atoms with van der Waals surface area (Å²) in [4.78, 5) is 0. The fourth-order valence-corrected chi connectivity index (χ4v) is 2.08. The van der Waals surface area contributed by atoms with Gasteiger partial charge in [0.1, 0.15) is 0 Å². The number of benzene rings is 1. The average molecular weight is 267 g/mol. The Morgan fingerprint density at radius 1 is 1.37 bits per heavy atom. The lowest BCUT2D eigenvalue weighted by Gasteiger charge is -2.30. The number of ether oxygens (including phenoxy) is 1. The maximum Gasteiger partial charge on any atom is 0.165 e. The molecule has 0 saturated carbocycles. The predicted octanol–water partition coefficient (Wildman–Crippen LogP) is 3.79. The molecule has 108 valence electrons. The predicted molar refractivity (Wildman–Crippen MR) is 78.2 cm³/mol. The van der Waals surface area contributed by atoms with Gasteiger partial charge in [0.2, 0.25) is 0 Å². The van der Waals surface area contributed by atoms with Crippen LogP contribution in [0.15, 0.2) is 18.2 Å². The molecular formula is C16H26FNO. The Balaban J connectivity index is 2.77. The van der Waals surface area contributed by atoms with Crippen LogP contribution in [-0.2, 0) is 6.42 Å². The van der Waals surface area contributed by atoms with Crippen LogP contribution >= 0.6 is 0 Å². The summed E-state index contributed by atoms with van der Waals surface area (Å²) in [7, 11) is 1.49. The van der Waals surface area contributed by atoms with Crippen LogP contribution < -0.4 is 10.1 Å². The summed E-state index contributed by atoms with van der Waals surface area (Å²) < 4.78 is 18.7. The molecule has 0 aliphatic heterocycles. The Hall–Kier alpha value is -1.09. The van der Waals surface area contributed by atoms with Gasteiger partial charge >= 0.3 is 0 Å². The van der Waals surface area contributed by atoms with Crippen molar-refractivity contribution < 1.29 is 9.13 Å². The summed E-state index contributed by atoms with van der Waals surface area (Å²) in [6.45, 7) is 9.65. The Bertz CT molecular complexity index is 406. The summed E-state index contributed by atoms with van der Waals surface area (Å²) >= 11 is 0.